The quantitative estimate of drug-likeness (QED) is 0.327. The van der Waals surface area contributed by atoms with E-state index in [4.69, 9.17) is 33.2 Å². The molecule has 1 saturated heterocycles. The number of hydrogen-bond donors (Lipinski definition) is 0. The van der Waals surface area contributed by atoms with Crippen molar-refractivity contribution in [3.05, 3.63) is 73.1 Å². The van der Waals surface area contributed by atoms with E-state index in [1.165, 1.54) is 0 Å². The Bertz CT molecular complexity index is 1290. The first kappa shape index (κ1) is 29.2. The lowest BCUT2D eigenvalue weighted by molar-refractivity contribution is -0.122. The molecule has 4 aromatic rings. The minimum Gasteiger partial charge on any atom is -0.488 e. The maximum Gasteiger partial charge on any atom is 0.145 e. The van der Waals surface area contributed by atoms with Crippen LogP contribution in [0.1, 0.15) is 13.8 Å². The van der Waals surface area contributed by atoms with E-state index in [1.807, 2.05) is 74.5 Å². The number of nitrogens with zero attached hydrogens (tertiary/aromatic N) is 2. The summed E-state index contributed by atoms with van der Waals surface area (Å²) in [5.41, 5.74) is 0.256. The first-order valence-corrected chi connectivity index (χ1v) is 14.0. The predicted molar refractivity (Wildman–Crippen MR) is 156 cm³/mol. The van der Waals surface area contributed by atoms with Crippen LogP contribution in [0.3, 0.4) is 0 Å². The maximum absolute atomic E-state index is 6.20. The fourth-order valence-corrected chi connectivity index (χ4v) is 4.59. The van der Waals surface area contributed by atoms with Crippen LogP contribution in [0.25, 0.3) is 21.8 Å². The molecule has 0 spiro atoms. The molecule has 0 amide bonds. The van der Waals surface area contributed by atoms with E-state index in [0.717, 1.165) is 21.8 Å². The van der Waals surface area contributed by atoms with Gasteiger partial charge in [0.05, 0.1) is 52.9 Å². The summed E-state index contributed by atoms with van der Waals surface area (Å²) in [6.45, 7) is 7.62. The summed E-state index contributed by atoms with van der Waals surface area (Å²) < 4.78 is 42.5. The van der Waals surface area contributed by atoms with Crippen molar-refractivity contribution < 1.29 is 33.2 Å². The fraction of sp³-hybridized carbons (Fsp3) is 0.438. The summed E-state index contributed by atoms with van der Waals surface area (Å²) in [6, 6.07) is 19.6. The molecule has 0 bridgehead atoms. The Balaban J connectivity index is 1.16. The van der Waals surface area contributed by atoms with Gasteiger partial charge in [0.1, 0.15) is 46.9 Å². The molecule has 1 fully saturated rings. The van der Waals surface area contributed by atoms with Crippen molar-refractivity contribution in [3.8, 4) is 11.5 Å². The molecule has 2 aromatic heterocycles. The van der Waals surface area contributed by atoms with E-state index >= 15 is 0 Å². The molecule has 1 aliphatic rings. The zero-order valence-electron chi connectivity index (χ0n) is 23.8. The number of ether oxygens (including phenoxy) is 7. The Labute approximate surface area is 240 Å². The van der Waals surface area contributed by atoms with E-state index in [1.54, 1.807) is 12.4 Å². The zero-order chi connectivity index (χ0) is 28.4. The summed E-state index contributed by atoms with van der Waals surface area (Å²) in [6.07, 6.45) is 3.53. The third kappa shape index (κ3) is 8.12. The van der Waals surface area contributed by atoms with Crippen LogP contribution in [0, 0.1) is 0 Å². The van der Waals surface area contributed by atoms with E-state index in [2.05, 4.69) is 9.97 Å². The first-order chi connectivity index (χ1) is 20.0. The molecule has 5 rings (SSSR count). The number of hydrogen-bond acceptors (Lipinski definition) is 9. The second kappa shape index (κ2) is 14.0. The molecule has 0 unspecified atom stereocenters. The van der Waals surface area contributed by atoms with Crippen molar-refractivity contribution in [1.82, 2.24) is 9.97 Å². The maximum atomic E-state index is 6.20. The highest BCUT2D eigenvalue weighted by Gasteiger charge is 2.29. The van der Waals surface area contributed by atoms with Gasteiger partial charge in [-0.3, -0.25) is 9.97 Å². The van der Waals surface area contributed by atoms with Gasteiger partial charge in [-0.05, 0) is 38.1 Å². The summed E-state index contributed by atoms with van der Waals surface area (Å²) in [7, 11) is 0. The Hall–Kier alpha value is -3.34. The summed E-state index contributed by atoms with van der Waals surface area (Å²) in [4.78, 5) is 8.95. The largest absolute Gasteiger partial charge is 0.488 e. The highest BCUT2D eigenvalue weighted by molar-refractivity contribution is 5.84. The minimum atomic E-state index is -0.689. The van der Waals surface area contributed by atoms with Crippen molar-refractivity contribution in [3.63, 3.8) is 0 Å². The SMILES string of the molecule is C[C@@]1(COc2cccc3cccnc23)COCCOC[C@](C)(COc2cccc3cccnc23)OCCOCCO1. The van der Waals surface area contributed by atoms with Crippen LogP contribution in [0.5, 0.6) is 11.5 Å². The number of aromatic nitrogens is 2. The molecule has 0 N–H and O–H groups in total. The molecule has 0 saturated carbocycles. The number of rotatable bonds is 6. The van der Waals surface area contributed by atoms with Crippen LogP contribution < -0.4 is 9.47 Å². The van der Waals surface area contributed by atoms with Crippen LogP contribution in [-0.2, 0) is 23.7 Å². The van der Waals surface area contributed by atoms with E-state index in [0.29, 0.717) is 77.6 Å². The standard InChI is InChI=1S/C32H38N2O7/c1-31(23-38-27-11-3-7-25-9-5-13-33-29(25)27)21-36-15-16-37-22-32(2,41-20-18-35-17-19-40-31)24-39-28-12-4-8-26-10-6-14-34-30(26)28/h3-14H,15-24H2,1-2H3/t31-,32+. The van der Waals surface area contributed by atoms with Gasteiger partial charge in [0.15, 0.2) is 0 Å². The highest BCUT2D eigenvalue weighted by Crippen LogP contribution is 2.26. The van der Waals surface area contributed by atoms with E-state index in [-0.39, 0.29) is 0 Å². The number of benzene rings is 2. The lowest BCUT2D eigenvalue weighted by atomic mass is 10.1. The van der Waals surface area contributed by atoms with Crippen LogP contribution in [0.4, 0.5) is 0 Å². The van der Waals surface area contributed by atoms with Crippen LogP contribution in [-0.4, -0.2) is 87.2 Å². The molecule has 3 heterocycles. The second-order valence-corrected chi connectivity index (χ2v) is 10.6. The molecule has 0 radical (unpaired) electrons. The van der Waals surface area contributed by atoms with E-state index in [9.17, 15) is 0 Å². The average molecular weight is 563 g/mol. The van der Waals surface area contributed by atoms with Gasteiger partial charge in [0, 0.05) is 23.2 Å². The smallest absolute Gasteiger partial charge is 0.145 e. The van der Waals surface area contributed by atoms with Gasteiger partial charge in [-0.15, -0.1) is 0 Å². The highest BCUT2D eigenvalue weighted by atomic mass is 16.6. The van der Waals surface area contributed by atoms with Crippen molar-refractivity contribution in [2.45, 2.75) is 25.0 Å². The Kier molecular flexibility index (Phi) is 9.97. The lowest BCUT2D eigenvalue weighted by Gasteiger charge is -2.30. The van der Waals surface area contributed by atoms with Gasteiger partial charge >= 0.3 is 0 Å². The second-order valence-electron chi connectivity index (χ2n) is 10.6. The molecule has 1 aliphatic heterocycles. The van der Waals surface area contributed by atoms with Crippen LogP contribution in [0.15, 0.2) is 73.1 Å². The van der Waals surface area contributed by atoms with E-state index < -0.39 is 11.2 Å². The molecule has 2 atom stereocenters. The molecule has 9 nitrogen and oxygen atoms in total. The number of para-hydroxylation sites is 2. The fourth-order valence-electron chi connectivity index (χ4n) is 4.59. The summed E-state index contributed by atoms with van der Waals surface area (Å²) >= 11 is 0. The van der Waals surface area contributed by atoms with Crippen LogP contribution >= 0.6 is 0 Å². The summed E-state index contributed by atoms with van der Waals surface area (Å²) in [5, 5.41) is 2.04. The summed E-state index contributed by atoms with van der Waals surface area (Å²) in [5.74, 6) is 1.42. The number of fused-ring (bicyclic) bond motifs is 2. The zero-order valence-corrected chi connectivity index (χ0v) is 23.8. The van der Waals surface area contributed by atoms with Gasteiger partial charge < -0.3 is 33.2 Å². The van der Waals surface area contributed by atoms with Crippen molar-refractivity contribution in [2.75, 3.05) is 66.1 Å². The predicted octanol–water partition coefficient (Wildman–Crippen LogP) is 4.85. The van der Waals surface area contributed by atoms with Crippen molar-refractivity contribution in [1.29, 1.82) is 0 Å². The first-order valence-electron chi connectivity index (χ1n) is 14.0. The van der Waals surface area contributed by atoms with Crippen molar-refractivity contribution in [2.24, 2.45) is 0 Å². The molecule has 2 aromatic carbocycles. The van der Waals surface area contributed by atoms with Gasteiger partial charge in [-0.25, -0.2) is 0 Å². The molecular weight excluding hydrogens is 524 g/mol. The molecule has 41 heavy (non-hydrogen) atoms. The van der Waals surface area contributed by atoms with Crippen LogP contribution in [0.2, 0.25) is 0 Å². The van der Waals surface area contributed by atoms with Crippen molar-refractivity contribution >= 4 is 21.8 Å². The molecule has 218 valence electrons. The topological polar surface area (TPSA) is 90.4 Å². The third-order valence-corrected chi connectivity index (χ3v) is 6.80. The Morgan fingerprint density at radius 1 is 0.585 bits per heavy atom. The molecule has 9 heteroatoms. The number of pyridine rings is 2. The monoisotopic (exact) mass is 562 g/mol. The average Bonchev–Trinajstić information content (AvgIpc) is 3.00. The van der Waals surface area contributed by atoms with Gasteiger partial charge in [0.2, 0.25) is 0 Å². The molecule has 0 aliphatic carbocycles. The molecular formula is C32H38N2O7. The Morgan fingerprint density at radius 3 is 1.51 bits per heavy atom. The Morgan fingerprint density at radius 2 is 1.02 bits per heavy atom. The van der Waals surface area contributed by atoms with Gasteiger partial charge in [0.25, 0.3) is 0 Å². The van der Waals surface area contributed by atoms with Gasteiger partial charge in [-0.2, -0.15) is 0 Å². The van der Waals surface area contributed by atoms with Gasteiger partial charge in [-0.1, -0.05) is 36.4 Å². The lowest BCUT2D eigenvalue weighted by Crippen LogP contribution is -2.42. The normalized spacial score (nSPS) is 23.5. The third-order valence-electron chi connectivity index (χ3n) is 6.80. The minimum absolute atomic E-state index is 0.297.